The maximum absolute atomic E-state index is 4.31. The lowest BCUT2D eigenvalue weighted by Gasteiger charge is -2.04. The zero-order valence-electron chi connectivity index (χ0n) is 11.2. The summed E-state index contributed by atoms with van der Waals surface area (Å²) in [4.78, 5) is 0. The maximum Gasteiger partial charge on any atom is 0.116 e. The molecule has 1 aromatic heterocycles. The summed E-state index contributed by atoms with van der Waals surface area (Å²) < 4.78 is 0. The Morgan fingerprint density at radius 1 is 1.06 bits per heavy atom. The van der Waals surface area contributed by atoms with Crippen LogP contribution in [-0.4, -0.2) is 15.4 Å². The number of aryl methyl sites for hydroxylation is 2. The average Bonchev–Trinajstić information content (AvgIpc) is 2.83. The van der Waals surface area contributed by atoms with Gasteiger partial charge in [0, 0.05) is 5.56 Å². The van der Waals surface area contributed by atoms with Crippen molar-refractivity contribution in [3.05, 3.63) is 35.5 Å². The van der Waals surface area contributed by atoms with Crippen LogP contribution in [0.25, 0.3) is 11.3 Å². The summed E-state index contributed by atoms with van der Waals surface area (Å²) in [5, 5.41) is 11.4. The van der Waals surface area contributed by atoms with Crippen LogP contribution in [-0.2, 0) is 6.42 Å². The van der Waals surface area contributed by atoms with Gasteiger partial charge in [0.05, 0.1) is 5.69 Å². The van der Waals surface area contributed by atoms with E-state index in [-0.39, 0.29) is 0 Å². The lowest BCUT2D eigenvalue weighted by Crippen LogP contribution is -1.92. The SMILES string of the molecule is CCCCCCc1n[nH]nc1-c1ccccc1C. The van der Waals surface area contributed by atoms with Crippen molar-refractivity contribution in [3.63, 3.8) is 0 Å². The first-order valence-corrected chi connectivity index (χ1v) is 6.78. The molecule has 0 fully saturated rings. The fraction of sp³-hybridized carbons (Fsp3) is 0.467. The first-order chi connectivity index (χ1) is 8.83. The highest BCUT2D eigenvalue weighted by molar-refractivity contribution is 5.64. The summed E-state index contributed by atoms with van der Waals surface area (Å²) in [6.07, 6.45) is 6.05. The van der Waals surface area contributed by atoms with Crippen molar-refractivity contribution in [2.45, 2.75) is 46.0 Å². The summed E-state index contributed by atoms with van der Waals surface area (Å²) in [7, 11) is 0. The standard InChI is InChI=1S/C15H21N3/c1-3-4-5-6-11-14-15(17-18-16-14)13-10-8-7-9-12(13)2/h7-10H,3-6,11H2,1-2H3,(H,16,17,18). The van der Waals surface area contributed by atoms with E-state index in [1.54, 1.807) is 0 Å². The summed E-state index contributed by atoms with van der Waals surface area (Å²) in [6, 6.07) is 8.34. The molecular formula is C15H21N3. The number of unbranched alkanes of at least 4 members (excludes halogenated alkanes) is 3. The smallest absolute Gasteiger partial charge is 0.116 e. The molecule has 0 aliphatic heterocycles. The van der Waals surface area contributed by atoms with Crippen LogP contribution >= 0.6 is 0 Å². The molecule has 0 spiro atoms. The van der Waals surface area contributed by atoms with Crippen LogP contribution < -0.4 is 0 Å². The Kier molecular flexibility index (Phi) is 4.51. The Morgan fingerprint density at radius 2 is 1.89 bits per heavy atom. The minimum Gasteiger partial charge on any atom is -0.197 e. The zero-order valence-corrected chi connectivity index (χ0v) is 11.2. The summed E-state index contributed by atoms with van der Waals surface area (Å²) >= 11 is 0. The van der Waals surface area contributed by atoms with E-state index in [2.05, 4.69) is 53.5 Å². The fourth-order valence-corrected chi connectivity index (χ4v) is 2.20. The number of benzene rings is 1. The molecule has 0 saturated carbocycles. The number of hydrogen-bond donors (Lipinski definition) is 1. The topological polar surface area (TPSA) is 41.6 Å². The van der Waals surface area contributed by atoms with E-state index in [9.17, 15) is 0 Å². The van der Waals surface area contributed by atoms with Gasteiger partial charge >= 0.3 is 0 Å². The number of aromatic nitrogens is 3. The Hall–Kier alpha value is -1.64. The fourth-order valence-electron chi connectivity index (χ4n) is 2.20. The second-order valence-corrected chi connectivity index (χ2v) is 4.74. The second-order valence-electron chi connectivity index (χ2n) is 4.74. The quantitative estimate of drug-likeness (QED) is 0.782. The third-order valence-electron chi connectivity index (χ3n) is 3.29. The van der Waals surface area contributed by atoms with Crippen LogP contribution in [0.1, 0.15) is 43.9 Å². The molecule has 1 N–H and O–H groups in total. The molecule has 3 nitrogen and oxygen atoms in total. The van der Waals surface area contributed by atoms with E-state index in [1.807, 2.05) is 0 Å². The lowest BCUT2D eigenvalue weighted by atomic mass is 10.0. The van der Waals surface area contributed by atoms with Crippen molar-refractivity contribution in [1.29, 1.82) is 0 Å². The Morgan fingerprint density at radius 3 is 2.67 bits per heavy atom. The van der Waals surface area contributed by atoms with E-state index in [1.165, 1.54) is 36.8 Å². The van der Waals surface area contributed by atoms with Gasteiger partial charge in [-0.15, -0.1) is 0 Å². The number of rotatable bonds is 6. The summed E-state index contributed by atoms with van der Waals surface area (Å²) in [5.41, 5.74) is 4.56. The van der Waals surface area contributed by atoms with Crippen molar-refractivity contribution in [2.24, 2.45) is 0 Å². The number of hydrogen-bond acceptors (Lipinski definition) is 2. The molecule has 0 aliphatic rings. The van der Waals surface area contributed by atoms with Crippen LogP contribution in [0.4, 0.5) is 0 Å². The lowest BCUT2D eigenvalue weighted by molar-refractivity contribution is 0.660. The maximum atomic E-state index is 4.31. The third-order valence-corrected chi connectivity index (χ3v) is 3.29. The van der Waals surface area contributed by atoms with Gasteiger partial charge in [0.15, 0.2) is 0 Å². The predicted octanol–water partition coefficient (Wildman–Crippen LogP) is 3.90. The Bertz CT molecular complexity index is 488. The number of aromatic amines is 1. The Labute approximate surface area is 109 Å². The molecule has 1 aromatic carbocycles. The average molecular weight is 243 g/mol. The minimum absolute atomic E-state index is 1.01. The largest absolute Gasteiger partial charge is 0.197 e. The van der Waals surface area contributed by atoms with Gasteiger partial charge < -0.3 is 0 Å². The molecule has 0 radical (unpaired) electrons. The van der Waals surface area contributed by atoms with E-state index >= 15 is 0 Å². The van der Waals surface area contributed by atoms with Gasteiger partial charge in [0.1, 0.15) is 5.69 Å². The highest BCUT2D eigenvalue weighted by Gasteiger charge is 2.11. The summed E-state index contributed by atoms with van der Waals surface area (Å²) in [6.45, 7) is 4.35. The molecule has 2 aromatic rings. The van der Waals surface area contributed by atoms with Crippen molar-refractivity contribution in [3.8, 4) is 11.3 Å². The summed E-state index contributed by atoms with van der Waals surface area (Å²) in [5.74, 6) is 0. The van der Waals surface area contributed by atoms with Gasteiger partial charge in [-0.1, -0.05) is 50.5 Å². The zero-order chi connectivity index (χ0) is 12.8. The monoisotopic (exact) mass is 243 g/mol. The molecule has 0 atom stereocenters. The van der Waals surface area contributed by atoms with Gasteiger partial charge in [0.25, 0.3) is 0 Å². The van der Waals surface area contributed by atoms with Crippen molar-refractivity contribution < 1.29 is 0 Å². The molecule has 0 saturated heterocycles. The van der Waals surface area contributed by atoms with Crippen LogP contribution in [0.3, 0.4) is 0 Å². The van der Waals surface area contributed by atoms with Gasteiger partial charge in [-0.2, -0.15) is 15.4 Å². The van der Waals surface area contributed by atoms with Crippen LogP contribution in [0.5, 0.6) is 0 Å². The number of nitrogens with zero attached hydrogens (tertiary/aromatic N) is 2. The molecule has 0 amide bonds. The van der Waals surface area contributed by atoms with Gasteiger partial charge in [-0.25, -0.2) is 0 Å². The minimum atomic E-state index is 1.01. The van der Waals surface area contributed by atoms with E-state index in [4.69, 9.17) is 0 Å². The molecule has 1 heterocycles. The molecule has 0 aliphatic carbocycles. The predicted molar refractivity (Wildman–Crippen MR) is 74.4 cm³/mol. The molecule has 2 rings (SSSR count). The number of nitrogens with one attached hydrogen (secondary N) is 1. The number of H-pyrrole nitrogens is 1. The Balaban J connectivity index is 2.10. The normalized spacial score (nSPS) is 10.8. The van der Waals surface area contributed by atoms with E-state index in [0.717, 1.165) is 17.8 Å². The molecule has 18 heavy (non-hydrogen) atoms. The molecule has 96 valence electrons. The first kappa shape index (κ1) is 12.8. The van der Waals surface area contributed by atoms with Crippen molar-refractivity contribution >= 4 is 0 Å². The first-order valence-electron chi connectivity index (χ1n) is 6.78. The highest BCUT2D eigenvalue weighted by Crippen LogP contribution is 2.24. The van der Waals surface area contributed by atoms with Crippen LogP contribution in [0, 0.1) is 6.92 Å². The van der Waals surface area contributed by atoms with Crippen molar-refractivity contribution in [1.82, 2.24) is 15.4 Å². The van der Waals surface area contributed by atoms with Crippen molar-refractivity contribution in [2.75, 3.05) is 0 Å². The second kappa shape index (κ2) is 6.34. The van der Waals surface area contributed by atoms with Gasteiger partial charge in [-0.05, 0) is 25.3 Å². The van der Waals surface area contributed by atoms with Gasteiger partial charge in [0.2, 0.25) is 0 Å². The van der Waals surface area contributed by atoms with Crippen LogP contribution in [0.2, 0.25) is 0 Å². The van der Waals surface area contributed by atoms with E-state index in [0.29, 0.717) is 0 Å². The molecule has 0 unspecified atom stereocenters. The van der Waals surface area contributed by atoms with E-state index < -0.39 is 0 Å². The highest BCUT2D eigenvalue weighted by atomic mass is 15.3. The molecular weight excluding hydrogens is 222 g/mol. The third kappa shape index (κ3) is 2.97. The molecule has 3 heteroatoms. The van der Waals surface area contributed by atoms with Gasteiger partial charge in [-0.3, -0.25) is 0 Å². The van der Waals surface area contributed by atoms with Crippen LogP contribution in [0.15, 0.2) is 24.3 Å². The molecule has 0 bridgehead atoms.